The summed E-state index contributed by atoms with van der Waals surface area (Å²) in [6, 6.07) is 5.84. The van der Waals surface area contributed by atoms with Gasteiger partial charge in [0, 0.05) is 23.8 Å². The van der Waals surface area contributed by atoms with Crippen molar-refractivity contribution < 1.29 is 9.15 Å². The van der Waals surface area contributed by atoms with Crippen LogP contribution in [0.3, 0.4) is 0 Å². The SMILES string of the molecule is Cc1ncccc1OCc1cc(CNC(C)(C)C)c(C)o1. The molecular weight excluding hydrogens is 264 g/mol. The Hall–Kier alpha value is -1.81. The van der Waals surface area contributed by atoms with Gasteiger partial charge in [0.1, 0.15) is 23.9 Å². The first-order valence-corrected chi connectivity index (χ1v) is 7.23. The maximum atomic E-state index is 5.76. The van der Waals surface area contributed by atoms with Gasteiger partial charge in [0.15, 0.2) is 0 Å². The first-order chi connectivity index (χ1) is 9.85. The van der Waals surface area contributed by atoms with Crippen molar-refractivity contribution in [2.45, 2.75) is 53.3 Å². The molecule has 0 aromatic carbocycles. The van der Waals surface area contributed by atoms with E-state index in [1.165, 1.54) is 5.56 Å². The molecule has 2 heterocycles. The highest BCUT2D eigenvalue weighted by atomic mass is 16.5. The largest absolute Gasteiger partial charge is 0.484 e. The number of furan rings is 1. The van der Waals surface area contributed by atoms with Crippen LogP contribution in [0.1, 0.15) is 43.5 Å². The van der Waals surface area contributed by atoms with Crippen LogP contribution in [-0.2, 0) is 13.2 Å². The van der Waals surface area contributed by atoms with Crippen molar-refractivity contribution in [3.8, 4) is 5.75 Å². The Balaban J connectivity index is 1.97. The lowest BCUT2D eigenvalue weighted by molar-refractivity contribution is 0.265. The number of aromatic nitrogens is 1. The van der Waals surface area contributed by atoms with Crippen molar-refractivity contribution in [1.29, 1.82) is 0 Å². The van der Waals surface area contributed by atoms with Gasteiger partial charge in [-0.15, -0.1) is 0 Å². The van der Waals surface area contributed by atoms with Gasteiger partial charge in [-0.25, -0.2) is 0 Å². The second-order valence-corrected chi connectivity index (χ2v) is 6.27. The molecule has 0 amide bonds. The highest BCUT2D eigenvalue weighted by Crippen LogP contribution is 2.19. The van der Waals surface area contributed by atoms with Gasteiger partial charge in [-0.2, -0.15) is 0 Å². The zero-order valence-electron chi connectivity index (χ0n) is 13.5. The molecule has 2 aromatic heterocycles. The van der Waals surface area contributed by atoms with Gasteiger partial charge in [0.05, 0.1) is 5.69 Å². The Labute approximate surface area is 126 Å². The quantitative estimate of drug-likeness (QED) is 0.910. The minimum absolute atomic E-state index is 0.0905. The first-order valence-electron chi connectivity index (χ1n) is 7.23. The van der Waals surface area contributed by atoms with Crippen LogP contribution in [0.15, 0.2) is 28.8 Å². The number of pyridine rings is 1. The molecule has 2 aromatic rings. The molecule has 0 bridgehead atoms. The standard InChI is InChI=1S/C17H24N2O2/c1-12-16(7-6-8-18-12)20-11-15-9-14(13(2)21-15)10-19-17(3,4)5/h6-9,19H,10-11H2,1-5H3. The van der Waals surface area contributed by atoms with E-state index >= 15 is 0 Å². The van der Waals surface area contributed by atoms with Crippen LogP contribution in [0.25, 0.3) is 0 Å². The van der Waals surface area contributed by atoms with Gasteiger partial charge >= 0.3 is 0 Å². The van der Waals surface area contributed by atoms with Crippen molar-refractivity contribution >= 4 is 0 Å². The molecule has 0 atom stereocenters. The third-order valence-corrected chi connectivity index (χ3v) is 3.21. The van der Waals surface area contributed by atoms with Crippen molar-refractivity contribution in [2.75, 3.05) is 0 Å². The molecule has 0 saturated carbocycles. The Kier molecular flexibility index (Phi) is 4.68. The predicted octanol–water partition coefficient (Wildman–Crippen LogP) is 3.76. The normalized spacial score (nSPS) is 11.7. The molecule has 1 N–H and O–H groups in total. The van der Waals surface area contributed by atoms with E-state index in [4.69, 9.17) is 9.15 Å². The van der Waals surface area contributed by atoms with E-state index in [2.05, 4.69) is 37.1 Å². The number of rotatable bonds is 5. The Bertz CT molecular complexity index is 597. The molecule has 21 heavy (non-hydrogen) atoms. The number of hydrogen-bond donors (Lipinski definition) is 1. The van der Waals surface area contributed by atoms with E-state index in [1.807, 2.05) is 26.0 Å². The number of hydrogen-bond acceptors (Lipinski definition) is 4. The minimum Gasteiger partial charge on any atom is -0.484 e. The molecule has 0 aliphatic rings. The number of nitrogens with one attached hydrogen (secondary N) is 1. The first kappa shape index (κ1) is 15.6. The van der Waals surface area contributed by atoms with E-state index in [-0.39, 0.29) is 5.54 Å². The van der Waals surface area contributed by atoms with Crippen LogP contribution in [0.2, 0.25) is 0 Å². The van der Waals surface area contributed by atoms with Crippen LogP contribution in [0.4, 0.5) is 0 Å². The fraction of sp³-hybridized carbons (Fsp3) is 0.471. The summed E-state index contributed by atoms with van der Waals surface area (Å²) < 4.78 is 11.5. The highest BCUT2D eigenvalue weighted by molar-refractivity contribution is 5.26. The van der Waals surface area contributed by atoms with Gasteiger partial charge in [-0.1, -0.05) is 0 Å². The molecular formula is C17H24N2O2. The molecule has 114 valence electrons. The summed E-state index contributed by atoms with van der Waals surface area (Å²) in [4.78, 5) is 4.21. The lowest BCUT2D eigenvalue weighted by Crippen LogP contribution is -2.35. The number of ether oxygens (including phenoxy) is 1. The average Bonchev–Trinajstić information content (AvgIpc) is 2.75. The monoisotopic (exact) mass is 288 g/mol. The summed E-state index contributed by atoms with van der Waals surface area (Å²) in [5.74, 6) is 2.57. The molecule has 2 rings (SSSR count). The van der Waals surface area contributed by atoms with Crippen LogP contribution < -0.4 is 10.1 Å². The van der Waals surface area contributed by atoms with Crippen LogP contribution in [0.5, 0.6) is 5.75 Å². The summed E-state index contributed by atoms with van der Waals surface area (Å²) in [5, 5.41) is 3.46. The van der Waals surface area contributed by atoms with E-state index in [0.29, 0.717) is 6.61 Å². The molecule has 0 fully saturated rings. The lowest BCUT2D eigenvalue weighted by Gasteiger charge is -2.20. The fourth-order valence-corrected chi connectivity index (χ4v) is 1.97. The molecule has 4 nitrogen and oxygen atoms in total. The number of nitrogens with zero attached hydrogens (tertiary/aromatic N) is 1. The molecule has 4 heteroatoms. The van der Waals surface area contributed by atoms with E-state index in [9.17, 15) is 0 Å². The molecule has 0 radical (unpaired) electrons. The Morgan fingerprint density at radius 1 is 1.29 bits per heavy atom. The maximum absolute atomic E-state index is 5.76. The Morgan fingerprint density at radius 3 is 2.71 bits per heavy atom. The molecule has 0 unspecified atom stereocenters. The van der Waals surface area contributed by atoms with Crippen molar-refractivity contribution in [1.82, 2.24) is 10.3 Å². The predicted molar refractivity (Wildman–Crippen MR) is 83.3 cm³/mol. The average molecular weight is 288 g/mol. The molecule has 0 aliphatic heterocycles. The van der Waals surface area contributed by atoms with Crippen molar-refractivity contribution in [3.05, 3.63) is 47.2 Å². The summed E-state index contributed by atoms with van der Waals surface area (Å²) in [6.45, 7) is 11.6. The van der Waals surface area contributed by atoms with Gasteiger partial charge in [0.2, 0.25) is 0 Å². The topological polar surface area (TPSA) is 47.3 Å². The minimum atomic E-state index is 0.0905. The van der Waals surface area contributed by atoms with E-state index in [0.717, 1.165) is 29.5 Å². The molecule has 0 saturated heterocycles. The van der Waals surface area contributed by atoms with E-state index < -0.39 is 0 Å². The van der Waals surface area contributed by atoms with Gasteiger partial charge in [-0.05, 0) is 52.8 Å². The van der Waals surface area contributed by atoms with Crippen molar-refractivity contribution in [3.63, 3.8) is 0 Å². The second kappa shape index (κ2) is 6.31. The zero-order valence-corrected chi connectivity index (χ0v) is 13.5. The second-order valence-electron chi connectivity index (χ2n) is 6.27. The third kappa shape index (κ3) is 4.60. The van der Waals surface area contributed by atoms with Crippen LogP contribution in [0, 0.1) is 13.8 Å². The number of aryl methyl sites for hydroxylation is 2. The maximum Gasteiger partial charge on any atom is 0.146 e. The molecule has 0 aliphatic carbocycles. The smallest absolute Gasteiger partial charge is 0.146 e. The fourth-order valence-electron chi connectivity index (χ4n) is 1.97. The summed E-state index contributed by atoms with van der Waals surface area (Å²) in [6.07, 6.45) is 1.76. The Morgan fingerprint density at radius 2 is 2.05 bits per heavy atom. The van der Waals surface area contributed by atoms with E-state index in [1.54, 1.807) is 6.20 Å². The zero-order chi connectivity index (χ0) is 15.5. The lowest BCUT2D eigenvalue weighted by atomic mass is 10.1. The summed E-state index contributed by atoms with van der Waals surface area (Å²) in [5.41, 5.74) is 2.15. The van der Waals surface area contributed by atoms with Gasteiger partial charge < -0.3 is 14.5 Å². The van der Waals surface area contributed by atoms with Crippen LogP contribution >= 0.6 is 0 Å². The highest BCUT2D eigenvalue weighted by Gasteiger charge is 2.13. The van der Waals surface area contributed by atoms with Gasteiger partial charge in [-0.3, -0.25) is 4.98 Å². The molecule has 0 spiro atoms. The van der Waals surface area contributed by atoms with Crippen LogP contribution in [-0.4, -0.2) is 10.5 Å². The summed E-state index contributed by atoms with van der Waals surface area (Å²) in [7, 11) is 0. The van der Waals surface area contributed by atoms with Gasteiger partial charge in [0.25, 0.3) is 0 Å². The van der Waals surface area contributed by atoms with Crippen molar-refractivity contribution in [2.24, 2.45) is 0 Å². The third-order valence-electron chi connectivity index (χ3n) is 3.21. The summed E-state index contributed by atoms with van der Waals surface area (Å²) >= 11 is 0.